The van der Waals surface area contributed by atoms with Gasteiger partial charge in [-0.25, -0.2) is 0 Å². The molecule has 1 aromatic carbocycles. The molecule has 1 aliphatic heterocycles. The first kappa shape index (κ1) is 16.0. The molecule has 21 heavy (non-hydrogen) atoms. The summed E-state index contributed by atoms with van der Waals surface area (Å²) in [5, 5.41) is 0. The summed E-state index contributed by atoms with van der Waals surface area (Å²) in [5.41, 5.74) is 0.673. The highest BCUT2D eigenvalue weighted by Crippen LogP contribution is 2.22. The average molecular weight is 291 g/mol. The first-order valence-corrected chi connectivity index (χ1v) is 7.65. The van der Waals surface area contributed by atoms with E-state index in [1.807, 2.05) is 31.2 Å². The fourth-order valence-corrected chi connectivity index (χ4v) is 2.81. The SMILES string of the molecule is CCOc1ccccc1C(=O)CN1CCC(C)C(OC)C1. The van der Waals surface area contributed by atoms with Crippen molar-refractivity contribution in [1.29, 1.82) is 0 Å². The van der Waals surface area contributed by atoms with Gasteiger partial charge in [-0.05, 0) is 37.9 Å². The summed E-state index contributed by atoms with van der Waals surface area (Å²) in [5.74, 6) is 1.35. The number of carbonyl (C=O) groups excluding carboxylic acids is 1. The molecule has 0 aromatic heterocycles. The van der Waals surface area contributed by atoms with Crippen molar-refractivity contribution in [2.75, 3.05) is 33.4 Å². The van der Waals surface area contributed by atoms with Gasteiger partial charge < -0.3 is 9.47 Å². The third-order valence-electron chi connectivity index (χ3n) is 4.13. The number of hydrogen-bond acceptors (Lipinski definition) is 4. The molecule has 0 aliphatic carbocycles. The van der Waals surface area contributed by atoms with Crippen LogP contribution >= 0.6 is 0 Å². The van der Waals surface area contributed by atoms with E-state index < -0.39 is 0 Å². The monoisotopic (exact) mass is 291 g/mol. The largest absolute Gasteiger partial charge is 0.493 e. The number of nitrogens with zero attached hydrogens (tertiary/aromatic N) is 1. The quantitative estimate of drug-likeness (QED) is 0.755. The summed E-state index contributed by atoms with van der Waals surface area (Å²) >= 11 is 0. The topological polar surface area (TPSA) is 38.8 Å². The Hall–Kier alpha value is -1.39. The van der Waals surface area contributed by atoms with Gasteiger partial charge in [-0.15, -0.1) is 0 Å². The van der Waals surface area contributed by atoms with Gasteiger partial charge in [-0.3, -0.25) is 9.69 Å². The molecule has 4 nitrogen and oxygen atoms in total. The van der Waals surface area contributed by atoms with Gasteiger partial charge >= 0.3 is 0 Å². The van der Waals surface area contributed by atoms with Gasteiger partial charge in [0.15, 0.2) is 5.78 Å². The molecule has 0 saturated carbocycles. The molecule has 2 unspecified atom stereocenters. The number of ketones is 1. The minimum Gasteiger partial charge on any atom is -0.493 e. The van der Waals surface area contributed by atoms with Crippen LogP contribution in [0.3, 0.4) is 0 Å². The maximum atomic E-state index is 12.5. The third kappa shape index (κ3) is 4.05. The number of likely N-dealkylation sites (tertiary alicyclic amines) is 1. The summed E-state index contributed by atoms with van der Waals surface area (Å²) in [6.45, 7) is 6.89. The van der Waals surface area contributed by atoms with Crippen LogP contribution in [0.5, 0.6) is 5.75 Å². The molecule has 1 fully saturated rings. The molecule has 4 heteroatoms. The van der Waals surface area contributed by atoms with Crippen LogP contribution in [-0.2, 0) is 4.74 Å². The maximum Gasteiger partial charge on any atom is 0.180 e. The Bertz CT molecular complexity index is 475. The van der Waals surface area contributed by atoms with Gasteiger partial charge in [-0.1, -0.05) is 19.1 Å². The number of para-hydroxylation sites is 1. The zero-order chi connectivity index (χ0) is 15.2. The number of rotatable bonds is 6. The summed E-state index contributed by atoms with van der Waals surface area (Å²) in [6, 6.07) is 7.47. The molecule has 0 radical (unpaired) electrons. The zero-order valence-corrected chi connectivity index (χ0v) is 13.2. The van der Waals surface area contributed by atoms with Gasteiger partial charge in [0.2, 0.25) is 0 Å². The fraction of sp³-hybridized carbons (Fsp3) is 0.588. The smallest absolute Gasteiger partial charge is 0.180 e. The summed E-state index contributed by atoms with van der Waals surface area (Å²) in [4.78, 5) is 14.7. The fourth-order valence-electron chi connectivity index (χ4n) is 2.81. The molecule has 0 bridgehead atoms. The number of carbonyl (C=O) groups is 1. The molecular formula is C17H25NO3. The summed E-state index contributed by atoms with van der Waals surface area (Å²) in [7, 11) is 1.75. The van der Waals surface area contributed by atoms with E-state index in [0.717, 1.165) is 19.5 Å². The van der Waals surface area contributed by atoms with E-state index in [-0.39, 0.29) is 11.9 Å². The van der Waals surface area contributed by atoms with E-state index >= 15 is 0 Å². The lowest BCUT2D eigenvalue weighted by Gasteiger charge is -2.35. The predicted molar refractivity (Wildman–Crippen MR) is 83.0 cm³/mol. The van der Waals surface area contributed by atoms with Crippen molar-refractivity contribution in [2.45, 2.75) is 26.4 Å². The first-order chi connectivity index (χ1) is 10.2. The van der Waals surface area contributed by atoms with Crippen molar-refractivity contribution in [2.24, 2.45) is 5.92 Å². The third-order valence-corrected chi connectivity index (χ3v) is 4.13. The van der Waals surface area contributed by atoms with Gasteiger partial charge in [0.25, 0.3) is 0 Å². The van der Waals surface area contributed by atoms with Crippen LogP contribution in [0, 0.1) is 5.92 Å². The first-order valence-electron chi connectivity index (χ1n) is 7.65. The number of ether oxygens (including phenoxy) is 2. The number of hydrogen-bond donors (Lipinski definition) is 0. The second-order valence-electron chi connectivity index (χ2n) is 5.63. The molecule has 0 N–H and O–H groups in total. The van der Waals surface area contributed by atoms with Crippen LogP contribution in [0.2, 0.25) is 0 Å². The Morgan fingerprint density at radius 2 is 2.14 bits per heavy atom. The molecule has 1 saturated heterocycles. The van der Waals surface area contributed by atoms with E-state index in [1.54, 1.807) is 7.11 Å². The van der Waals surface area contributed by atoms with Gasteiger partial charge in [0.1, 0.15) is 5.75 Å². The lowest BCUT2D eigenvalue weighted by Crippen LogP contribution is -2.45. The predicted octanol–water partition coefficient (Wildman–Crippen LogP) is 2.62. The van der Waals surface area contributed by atoms with Crippen LogP contribution in [-0.4, -0.2) is 50.1 Å². The van der Waals surface area contributed by atoms with Crippen molar-refractivity contribution in [3.8, 4) is 5.75 Å². The second kappa shape index (κ2) is 7.57. The Morgan fingerprint density at radius 1 is 1.38 bits per heavy atom. The van der Waals surface area contributed by atoms with Gasteiger partial charge in [0.05, 0.1) is 24.8 Å². The van der Waals surface area contributed by atoms with E-state index in [2.05, 4.69) is 11.8 Å². The molecule has 0 spiro atoms. The summed E-state index contributed by atoms with van der Waals surface area (Å²) in [6.07, 6.45) is 1.28. The van der Waals surface area contributed by atoms with E-state index in [9.17, 15) is 4.79 Å². The van der Waals surface area contributed by atoms with Crippen molar-refractivity contribution in [3.63, 3.8) is 0 Å². The molecular weight excluding hydrogens is 266 g/mol. The maximum absolute atomic E-state index is 12.5. The molecule has 0 amide bonds. The van der Waals surface area contributed by atoms with E-state index in [0.29, 0.717) is 30.4 Å². The number of benzene rings is 1. The Morgan fingerprint density at radius 3 is 2.86 bits per heavy atom. The number of Topliss-reactive ketones (excluding diaryl/α,β-unsaturated/α-hetero) is 1. The second-order valence-corrected chi connectivity index (χ2v) is 5.63. The van der Waals surface area contributed by atoms with Crippen molar-refractivity contribution in [1.82, 2.24) is 4.90 Å². The highest BCUT2D eigenvalue weighted by molar-refractivity contribution is 6.00. The standard InChI is InChI=1S/C17H25NO3/c1-4-21-16-8-6-5-7-14(16)15(19)11-18-10-9-13(2)17(12-18)20-3/h5-8,13,17H,4,9-12H2,1-3H3. The lowest BCUT2D eigenvalue weighted by atomic mass is 9.95. The van der Waals surface area contributed by atoms with Crippen LogP contribution < -0.4 is 4.74 Å². The van der Waals surface area contributed by atoms with Crippen LogP contribution in [0.15, 0.2) is 24.3 Å². The minimum atomic E-state index is 0.114. The van der Waals surface area contributed by atoms with E-state index in [4.69, 9.17) is 9.47 Å². The van der Waals surface area contributed by atoms with Crippen molar-refractivity contribution >= 4 is 5.78 Å². The van der Waals surface area contributed by atoms with Crippen LogP contribution in [0.25, 0.3) is 0 Å². The van der Waals surface area contributed by atoms with Crippen LogP contribution in [0.4, 0.5) is 0 Å². The Kier molecular flexibility index (Phi) is 5.76. The highest BCUT2D eigenvalue weighted by atomic mass is 16.5. The lowest BCUT2D eigenvalue weighted by molar-refractivity contribution is -0.00326. The highest BCUT2D eigenvalue weighted by Gasteiger charge is 2.27. The van der Waals surface area contributed by atoms with Gasteiger partial charge in [-0.2, -0.15) is 0 Å². The number of piperidine rings is 1. The molecule has 1 aromatic rings. The summed E-state index contributed by atoms with van der Waals surface area (Å²) < 4.78 is 11.0. The average Bonchev–Trinajstić information content (AvgIpc) is 2.50. The normalized spacial score (nSPS) is 23.0. The van der Waals surface area contributed by atoms with E-state index in [1.165, 1.54) is 0 Å². The van der Waals surface area contributed by atoms with Gasteiger partial charge in [0, 0.05) is 13.7 Å². The molecule has 1 aliphatic rings. The van der Waals surface area contributed by atoms with Crippen molar-refractivity contribution in [3.05, 3.63) is 29.8 Å². The van der Waals surface area contributed by atoms with Crippen LogP contribution in [0.1, 0.15) is 30.6 Å². The molecule has 2 rings (SSSR count). The zero-order valence-electron chi connectivity index (χ0n) is 13.2. The van der Waals surface area contributed by atoms with Crippen molar-refractivity contribution < 1.29 is 14.3 Å². The Balaban J connectivity index is 2.01. The Labute approximate surface area is 127 Å². The minimum absolute atomic E-state index is 0.114. The molecule has 116 valence electrons. The number of methoxy groups -OCH3 is 1. The molecule has 2 atom stereocenters. The molecule has 1 heterocycles.